The lowest BCUT2D eigenvalue weighted by atomic mass is 10.2. The minimum Gasteiger partial charge on any atom is -0.484 e. The summed E-state index contributed by atoms with van der Waals surface area (Å²) in [5.74, 6) is -1.98. The van der Waals surface area contributed by atoms with Gasteiger partial charge in [-0.2, -0.15) is 0 Å². The Hall–Kier alpha value is -2.14. The van der Waals surface area contributed by atoms with Crippen molar-refractivity contribution in [2.24, 2.45) is 0 Å². The molecule has 2 aromatic rings. The number of amides is 1. The van der Waals surface area contributed by atoms with Crippen molar-refractivity contribution in [3.63, 3.8) is 0 Å². The number of halogens is 3. The Labute approximate surface area is 125 Å². The molecule has 0 atom stereocenters. The van der Waals surface area contributed by atoms with Gasteiger partial charge in [0.15, 0.2) is 18.2 Å². The Morgan fingerprint density at radius 2 is 1.95 bits per heavy atom. The van der Waals surface area contributed by atoms with Crippen LogP contribution in [0.15, 0.2) is 36.4 Å². The van der Waals surface area contributed by atoms with Crippen molar-refractivity contribution in [1.29, 1.82) is 0 Å². The second-order valence-corrected chi connectivity index (χ2v) is 4.78. The van der Waals surface area contributed by atoms with Crippen LogP contribution in [0.1, 0.15) is 5.56 Å². The van der Waals surface area contributed by atoms with Gasteiger partial charge in [-0.25, -0.2) is 8.78 Å². The average Bonchev–Trinajstić information content (AvgIpc) is 2.44. The van der Waals surface area contributed by atoms with E-state index in [9.17, 15) is 13.6 Å². The molecule has 0 fully saturated rings. The van der Waals surface area contributed by atoms with E-state index in [0.717, 1.165) is 17.7 Å². The summed E-state index contributed by atoms with van der Waals surface area (Å²) in [6.07, 6.45) is 0. The van der Waals surface area contributed by atoms with E-state index in [1.165, 1.54) is 6.07 Å². The van der Waals surface area contributed by atoms with Gasteiger partial charge < -0.3 is 10.1 Å². The zero-order valence-electron chi connectivity index (χ0n) is 11.1. The number of carbonyl (C=O) groups excluding carboxylic acids is 1. The van der Waals surface area contributed by atoms with Gasteiger partial charge in [0.05, 0.1) is 0 Å². The molecule has 110 valence electrons. The third-order valence-electron chi connectivity index (χ3n) is 2.70. The highest BCUT2D eigenvalue weighted by molar-refractivity contribution is 6.31. The second-order valence-electron chi connectivity index (χ2n) is 4.38. The molecule has 3 nitrogen and oxygen atoms in total. The molecule has 21 heavy (non-hydrogen) atoms. The molecule has 0 heterocycles. The van der Waals surface area contributed by atoms with E-state index in [-0.39, 0.29) is 12.3 Å². The molecule has 0 saturated heterocycles. The predicted octanol–water partition coefficient (Wildman–Crippen LogP) is 3.94. The molecule has 0 aromatic heterocycles. The molecule has 1 N–H and O–H groups in total. The van der Waals surface area contributed by atoms with Crippen LogP contribution in [0, 0.1) is 18.6 Å². The Balaban J connectivity index is 1.92. The van der Waals surface area contributed by atoms with Gasteiger partial charge in [0.2, 0.25) is 0 Å². The molecule has 0 aliphatic carbocycles. The number of hydrogen-bond donors (Lipinski definition) is 1. The number of carbonyl (C=O) groups is 1. The minimum absolute atomic E-state index is 0.162. The van der Waals surface area contributed by atoms with Gasteiger partial charge in [0.25, 0.3) is 5.91 Å². The van der Waals surface area contributed by atoms with Gasteiger partial charge in [0, 0.05) is 16.8 Å². The van der Waals surface area contributed by atoms with Crippen molar-refractivity contribution >= 4 is 23.2 Å². The fourth-order valence-corrected chi connectivity index (χ4v) is 1.74. The number of aryl methyl sites for hydroxylation is 1. The van der Waals surface area contributed by atoms with E-state index in [4.69, 9.17) is 16.3 Å². The lowest BCUT2D eigenvalue weighted by Gasteiger charge is -2.09. The first-order chi connectivity index (χ1) is 9.95. The number of benzene rings is 2. The van der Waals surface area contributed by atoms with Crippen LogP contribution >= 0.6 is 11.6 Å². The SMILES string of the molecule is Cc1cc(OCC(=O)Nc2ccc(F)c(F)c2)ccc1Cl. The van der Waals surface area contributed by atoms with Crippen molar-refractivity contribution in [3.05, 3.63) is 58.6 Å². The first-order valence-electron chi connectivity index (χ1n) is 6.09. The van der Waals surface area contributed by atoms with Crippen molar-refractivity contribution in [2.45, 2.75) is 6.92 Å². The van der Waals surface area contributed by atoms with Crippen molar-refractivity contribution in [2.75, 3.05) is 11.9 Å². The average molecular weight is 312 g/mol. The Morgan fingerprint density at radius 1 is 1.19 bits per heavy atom. The summed E-state index contributed by atoms with van der Waals surface area (Å²) < 4.78 is 31.0. The maximum Gasteiger partial charge on any atom is 0.262 e. The molecule has 0 bridgehead atoms. The highest BCUT2D eigenvalue weighted by Crippen LogP contribution is 2.21. The molecule has 0 radical (unpaired) electrons. The number of nitrogens with one attached hydrogen (secondary N) is 1. The van der Waals surface area contributed by atoms with Gasteiger partial charge in [-0.15, -0.1) is 0 Å². The van der Waals surface area contributed by atoms with Crippen molar-refractivity contribution < 1.29 is 18.3 Å². The molecular formula is C15H12ClF2NO2. The zero-order valence-corrected chi connectivity index (χ0v) is 11.9. The topological polar surface area (TPSA) is 38.3 Å². The smallest absolute Gasteiger partial charge is 0.262 e. The predicted molar refractivity (Wildman–Crippen MR) is 76.7 cm³/mol. The Bertz CT molecular complexity index is 677. The van der Waals surface area contributed by atoms with Crippen LogP contribution in [-0.4, -0.2) is 12.5 Å². The van der Waals surface area contributed by atoms with Gasteiger partial charge in [0.1, 0.15) is 5.75 Å². The van der Waals surface area contributed by atoms with Gasteiger partial charge in [-0.05, 0) is 42.8 Å². The Kier molecular flexibility index (Phi) is 4.75. The quantitative estimate of drug-likeness (QED) is 0.928. The third kappa shape index (κ3) is 4.16. The number of rotatable bonds is 4. The van der Waals surface area contributed by atoms with Crippen LogP contribution in [0.4, 0.5) is 14.5 Å². The lowest BCUT2D eigenvalue weighted by Crippen LogP contribution is -2.20. The molecule has 0 aliphatic rings. The maximum atomic E-state index is 13.0. The zero-order chi connectivity index (χ0) is 15.4. The van der Waals surface area contributed by atoms with Gasteiger partial charge in [-0.3, -0.25) is 4.79 Å². The summed E-state index contributed by atoms with van der Waals surface area (Å²) in [4.78, 5) is 11.7. The Morgan fingerprint density at radius 3 is 2.62 bits per heavy atom. The largest absolute Gasteiger partial charge is 0.484 e. The van der Waals surface area contributed by atoms with Gasteiger partial charge >= 0.3 is 0 Å². The fraction of sp³-hybridized carbons (Fsp3) is 0.133. The van der Waals surface area contributed by atoms with E-state index in [1.54, 1.807) is 18.2 Å². The summed E-state index contributed by atoms with van der Waals surface area (Å²) in [7, 11) is 0. The lowest BCUT2D eigenvalue weighted by molar-refractivity contribution is -0.118. The summed E-state index contributed by atoms with van der Waals surface area (Å²) in [5.41, 5.74) is 0.991. The van der Waals surface area contributed by atoms with Crippen LogP contribution in [0.25, 0.3) is 0 Å². The maximum absolute atomic E-state index is 13.0. The number of hydrogen-bond acceptors (Lipinski definition) is 2. The monoisotopic (exact) mass is 311 g/mol. The molecular weight excluding hydrogens is 300 g/mol. The fourth-order valence-electron chi connectivity index (χ4n) is 1.63. The molecule has 0 unspecified atom stereocenters. The van der Waals surface area contributed by atoms with Crippen LogP contribution in [0.5, 0.6) is 5.75 Å². The summed E-state index contributed by atoms with van der Waals surface area (Å²) in [6, 6.07) is 8.11. The van der Waals surface area contributed by atoms with E-state index in [1.807, 2.05) is 6.92 Å². The van der Waals surface area contributed by atoms with Crippen LogP contribution in [-0.2, 0) is 4.79 Å². The number of ether oxygens (including phenoxy) is 1. The minimum atomic E-state index is -1.03. The first kappa shape index (κ1) is 15.3. The number of anilines is 1. The third-order valence-corrected chi connectivity index (χ3v) is 3.13. The highest BCUT2D eigenvalue weighted by atomic mass is 35.5. The molecule has 0 saturated carbocycles. The summed E-state index contributed by atoms with van der Waals surface area (Å²) in [5, 5.41) is 3.01. The second kappa shape index (κ2) is 6.54. The van der Waals surface area contributed by atoms with Crippen molar-refractivity contribution in [1.82, 2.24) is 0 Å². The molecule has 0 aliphatic heterocycles. The van der Waals surface area contributed by atoms with Gasteiger partial charge in [-0.1, -0.05) is 11.6 Å². The molecule has 2 aromatic carbocycles. The van der Waals surface area contributed by atoms with Crippen LogP contribution in [0.3, 0.4) is 0 Å². The van der Waals surface area contributed by atoms with Crippen molar-refractivity contribution in [3.8, 4) is 5.75 Å². The van der Waals surface area contributed by atoms with Crippen LogP contribution < -0.4 is 10.1 Å². The molecule has 1 amide bonds. The summed E-state index contributed by atoms with van der Waals surface area (Å²) in [6.45, 7) is 1.57. The molecule has 0 spiro atoms. The van der Waals surface area contributed by atoms with Crippen LogP contribution in [0.2, 0.25) is 5.02 Å². The van der Waals surface area contributed by atoms with E-state index in [0.29, 0.717) is 10.8 Å². The normalized spacial score (nSPS) is 10.3. The van der Waals surface area contributed by atoms with E-state index in [2.05, 4.69) is 5.32 Å². The summed E-state index contributed by atoms with van der Waals surface area (Å²) >= 11 is 5.88. The van der Waals surface area contributed by atoms with E-state index >= 15 is 0 Å². The standard InChI is InChI=1S/C15H12ClF2NO2/c1-9-6-11(3-4-12(9)16)21-8-15(20)19-10-2-5-13(17)14(18)7-10/h2-7H,8H2,1H3,(H,19,20). The highest BCUT2D eigenvalue weighted by Gasteiger charge is 2.07. The first-order valence-corrected chi connectivity index (χ1v) is 6.47. The molecule has 6 heteroatoms. The van der Waals surface area contributed by atoms with E-state index < -0.39 is 17.5 Å². The molecule has 2 rings (SSSR count).